The molecule has 0 spiro atoms. The van der Waals surface area contributed by atoms with Crippen LogP contribution in [0.5, 0.6) is 0 Å². The third-order valence-corrected chi connectivity index (χ3v) is 2.70. The van der Waals surface area contributed by atoms with Crippen LogP contribution in [-0.4, -0.2) is 23.1 Å². The molecular formula is C14H25N3. The zero-order chi connectivity index (χ0) is 12.9. The average Bonchev–Trinajstić information content (AvgIpc) is 2.24. The van der Waals surface area contributed by atoms with Crippen molar-refractivity contribution in [2.24, 2.45) is 0 Å². The van der Waals surface area contributed by atoms with E-state index in [4.69, 9.17) is 0 Å². The van der Waals surface area contributed by atoms with Crippen LogP contribution in [0.1, 0.15) is 39.0 Å². The topological polar surface area (TPSA) is 37.0 Å². The largest absolute Gasteiger partial charge is 0.311 e. The predicted molar refractivity (Wildman–Crippen MR) is 73.0 cm³/mol. The van der Waals surface area contributed by atoms with E-state index in [1.165, 1.54) is 5.56 Å². The Hall–Kier alpha value is -0.930. The van der Waals surface area contributed by atoms with Crippen LogP contribution in [0.4, 0.5) is 0 Å². The van der Waals surface area contributed by atoms with Crippen molar-refractivity contribution in [2.45, 2.75) is 52.7 Å². The molecule has 1 atom stereocenters. The lowest BCUT2D eigenvalue weighted by atomic mass is 10.1. The van der Waals surface area contributed by atoms with Crippen molar-refractivity contribution < 1.29 is 0 Å². The minimum atomic E-state index is 0.181. The second kappa shape index (κ2) is 6.12. The zero-order valence-electron chi connectivity index (χ0n) is 11.7. The van der Waals surface area contributed by atoms with E-state index in [9.17, 15) is 0 Å². The molecule has 0 aromatic carbocycles. The molecule has 0 aliphatic rings. The van der Waals surface area contributed by atoms with Crippen LogP contribution in [0.25, 0.3) is 0 Å². The van der Waals surface area contributed by atoms with Crippen molar-refractivity contribution >= 4 is 0 Å². The summed E-state index contributed by atoms with van der Waals surface area (Å²) in [5, 5.41) is 7.00. The molecule has 0 aliphatic carbocycles. The van der Waals surface area contributed by atoms with Gasteiger partial charge in [0.2, 0.25) is 0 Å². The molecule has 0 fully saturated rings. The third-order valence-electron chi connectivity index (χ3n) is 2.70. The van der Waals surface area contributed by atoms with Crippen molar-refractivity contribution in [1.29, 1.82) is 0 Å². The van der Waals surface area contributed by atoms with Gasteiger partial charge in [-0.15, -0.1) is 0 Å². The summed E-state index contributed by atoms with van der Waals surface area (Å²) in [6.45, 7) is 12.7. The highest BCUT2D eigenvalue weighted by Gasteiger charge is 2.10. The number of pyridine rings is 1. The van der Waals surface area contributed by atoms with E-state index in [-0.39, 0.29) is 5.54 Å². The molecule has 1 aromatic heterocycles. The van der Waals surface area contributed by atoms with Gasteiger partial charge < -0.3 is 10.6 Å². The van der Waals surface area contributed by atoms with Gasteiger partial charge >= 0.3 is 0 Å². The Morgan fingerprint density at radius 3 is 2.65 bits per heavy atom. The fourth-order valence-corrected chi connectivity index (χ4v) is 1.52. The van der Waals surface area contributed by atoms with Gasteiger partial charge in [-0.05, 0) is 46.2 Å². The number of rotatable bonds is 5. The van der Waals surface area contributed by atoms with Crippen LogP contribution in [-0.2, 0) is 6.54 Å². The molecule has 0 saturated heterocycles. The molecule has 3 heteroatoms. The first-order valence-electron chi connectivity index (χ1n) is 6.27. The molecule has 96 valence electrons. The van der Waals surface area contributed by atoms with Crippen molar-refractivity contribution in [2.75, 3.05) is 6.54 Å². The van der Waals surface area contributed by atoms with Gasteiger partial charge in [0.1, 0.15) is 0 Å². The second-order valence-electron chi connectivity index (χ2n) is 5.66. The maximum Gasteiger partial charge on any atom is 0.0417 e. The van der Waals surface area contributed by atoms with Crippen molar-refractivity contribution in [3.05, 3.63) is 29.6 Å². The van der Waals surface area contributed by atoms with Crippen molar-refractivity contribution in [3.8, 4) is 0 Å². The molecule has 17 heavy (non-hydrogen) atoms. The molecule has 1 unspecified atom stereocenters. The number of nitrogens with one attached hydrogen (secondary N) is 2. The van der Waals surface area contributed by atoms with Gasteiger partial charge in [0.15, 0.2) is 0 Å². The molecule has 3 nitrogen and oxygen atoms in total. The summed E-state index contributed by atoms with van der Waals surface area (Å²) in [4.78, 5) is 4.29. The normalized spacial score (nSPS) is 13.7. The van der Waals surface area contributed by atoms with E-state index < -0.39 is 0 Å². The molecule has 0 bridgehead atoms. The molecule has 1 rings (SSSR count). The summed E-state index contributed by atoms with van der Waals surface area (Å²) in [6, 6.07) is 4.57. The van der Waals surface area contributed by atoms with E-state index in [0.29, 0.717) is 6.04 Å². The van der Waals surface area contributed by atoms with Crippen molar-refractivity contribution in [3.63, 3.8) is 0 Å². The predicted octanol–water partition coefficient (Wildman–Crippen LogP) is 2.26. The lowest BCUT2D eigenvalue weighted by Gasteiger charge is -2.24. The Balaban J connectivity index is 2.34. The first-order chi connectivity index (χ1) is 7.88. The van der Waals surface area contributed by atoms with Crippen LogP contribution in [0.15, 0.2) is 18.3 Å². The summed E-state index contributed by atoms with van der Waals surface area (Å²) in [6.07, 6.45) is 1.84. The molecule has 0 aliphatic heterocycles. The van der Waals surface area contributed by atoms with Crippen LogP contribution in [0, 0.1) is 6.92 Å². The standard InChI is InChI=1S/C14H25N3/c1-11(9-17-14(3,4)5)16-10-13-7-6-8-15-12(13)2/h6-8,11,16-17H,9-10H2,1-5H3. The quantitative estimate of drug-likeness (QED) is 0.822. The van der Waals surface area contributed by atoms with Crippen LogP contribution >= 0.6 is 0 Å². The summed E-state index contributed by atoms with van der Waals surface area (Å²) in [7, 11) is 0. The Morgan fingerprint density at radius 2 is 2.06 bits per heavy atom. The van der Waals surface area contributed by atoms with Gasteiger partial charge in [0.25, 0.3) is 0 Å². The van der Waals surface area contributed by atoms with Crippen LogP contribution in [0.3, 0.4) is 0 Å². The Labute approximate surface area is 105 Å². The maximum atomic E-state index is 4.29. The van der Waals surface area contributed by atoms with Crippen LogP contribution in [0.2, 0.25) is 0 Å². The zero-order valence-corrected chi connectivity index (χ0v) is 11.7. The second-order valence-corrected chi connectivity index (χ2v) is 5.66. The van der Waals surface area contributed by atoms with E-state index >= 15 is 0 Å². The average molecular weight is 235 g/mol. The van der Waals surface area contributed by atoms with E-state index in [1.807, 2.05) is 12.3 Å². The highest BCUT2D eigenvalue weighted by atomic mass is 15.0. The Morgan fingerprint density at radius 1 is 1.35 bits per heavy atom. The summed E-state index contributed by atoms with van der Waals surface area (Å²) in [5.41, 5.74) is 2.56. The van der Waals surface area contributed by atoms with Gasteiger partial charge in [0, 0.05) is 36.6 Å². The van der Waals surface area contributed by atoms with Gasteiger partial charge in [-0.3, -0.25) is 4.98 Å². The van der Waals surface area contributed by atoms with Gasteiger partial charge in [-0.25, -0.2) is 0 Å². The first kappa shape index (κ1) is 14.1. The maximum absolute atomic E-state index is 4.29. The molecule has 0 saturated carbocycles. The Kier molecular flexibility index (Phi) is 5.09. The first-order valence-corrected chi connectivity index (χ1v) is 6.27. The lowest BCUT2D eigenvalue weighted by molar-refractivity contribution is 0.387. The minimum absolute atomic E-state index is 0.181. The molecule has 1 aromatic rings. The molecule has 2 N–H and O–H groups in total. The SMILES string of the molecule is Cc1ncccc1CNC(C)CNC(C)(C)C. The molecule has 0 amide bonds. The highest BCUT2D eigenvalue weighted by Crippen LogP contribution is 2.03. The monoisotopic (exact) mass is 235 g/mol. The third kappa shape index (κ3) is 5.80. The minimum Gasteiger partial charge on any atom is -0.311 e. The fourth-order valence-electron chi connectivity index (χ4n) is 1.52. The number of aromatic nitrogens is 1. The smallest absolute Gasteiger partial charge is 0.0417 e. The summed E-state index contributed by atoms with van der Waals surface area (Å²) in [5.74, 6) is 0. The van der Waals surface area contributed by atoms with Gasteiger partial charge in [0.05, 0.1) is 0 Å². The number of hydrogen-bond donors (Lipinski definition) is 2. The van der Waals surface area contributed by atoms with Gasteiger partial charge in [-0.2, -0.15) is 0 Å². The fraction of sp³-hybridized carbons (Fsp3) is 0.643. The molecule has 1 heterocycles. The molecule has 0 radical (unpaired) electrons. The Bertz CT molecular complexity index is 342. The molecular weight excluding hydrogens is 210 g/mol. The van der Waals surface area contributed by atoms with Gasteiger partial charge in [-0.1, -0.05) is 6.07 Å². The van der Waals surface area contributed by atoms with Crippen LogP contribution < -0.4 is 10.6 Å². The summed E-state index contributed by atoms with van der Waals surface area (Å²) >= 11 is 0. The number of aryl methyl sites for hydroxylation is 1. The van der Waals surface area contributed by atoms with E-state index in [1.54, 1.807) is 0 Å². The van der Waals surface area contributed by atoms with E-state index in [2.05, 4.69) is 56.3 Å². The van der Waals surface area contributed by atoms with E-state index in [0.717, 1.165) is 18.8 Å². The highest BCUT2D eigenvalue weighted by molar-refractivity contribution is 5.17. The number of hydrogen-bond acceptors (Lipinski definition) is 3. The summed E-state index contributed by atoms with van der Waals surface area (Å²) < 4.78 is 0. The van der Waals surface area contributed by atoms with Crippen molar-refractivity contribution in [1.82, 2.24) is 15.6 Å². The lowest BCUT2D eigenvalue weighted by Crippen LogP contribution is -2.44. The number of nitrogens with zero attached hydrogens (tertiary/aromatic N) is 1.